The van der Waals surface area contributed by atoms with Crippen molar-refractivity contribution in [3.05, 3.63) is 35.9 Å². The molecule has 18 heavy (non-hydrogen) atoms. The first-order valence-electron chi connectivity index (χ1n) is 6.76. The largest absolute Gasteiger partial charge is 0.388 e. The second kappa shape index (κ2) is 6.60. The van der Waals surface area contributed by atoms with Gasteiger partial charge in [0.15, 0.2) is 0 Å². The average Bonchev–Trinajstić information content (AvgIpc) is 2.36. The van der Waals surface area contributed by atoms with Gasteiger partial charge in [-0.15, -0.1) is 0 Å². The summed E-state index contributed by atoms with van der Waals surface area (Å²) in [4.78, 5) is 2.48. The first kappa shape index (κ1) is 13.9. The maximum absolute atomic E-state index is 10.2. The zero-order valence-electron chi connectivity index (χ0n) is 11.2. The summed E-state index contributed by atoms with van der Waals surface area (Å²) in [6.07, 6.45) is 0.500. The lowest BCUT2D eigenvalue weighted by Crippen LogP contribution is -2.41. The van der Waals surface area contributed by atoms with Gasteiger partial charge in [-0.25, -0.2) is 0 Å². The van der Waals surface area contributed by atoms with E-state index in [0.29, 0.717) is 10.5 Å². The molecule has 1 heterocycles. The highest BCUT2D eigenvalue weighted by molar-refractivity contribution is 8.00. The fourth-order valence-corrected chi connectivity index (χ4v) is 4.00. The van der Waals surface area contributed by atoms with E-state index in [-0.39, 0.29) is 6.10 Å². The molecule has 1 aromatic carbocycles. The third-order valence-electron chi connectivity index (χ3n) is 3.40. The molecular formula is C15H23NOS. The van der Waals surface area contributed by atoms with E-state index in [4.69, 9.17) is 0 Å². The van der Waals surface area contributed by atoms with E-state index in [9.17, 15) is 5.11 Å². The number of aliphatic hydroxyl groups is 1. The Morgan fingerprint density at radius 1 is 1.22 bits per heavy atom. The van der Waals surface area contributed by atoms with Crippen molar-refractivity contribution in [3.63, 3.8) is 0 Å². The molecule has 2 nitrogen and oxygen atoms in total. The van der Waals surface area contributed by atoms with Crippen LogP contribution in [-0.4, -0.2) is 40.1 Å². The maximum atomic E-state index is 10.2. The quantitative estimate of drug-likeness (QED) is 0.905. The van der Waals surface area contributed by atoms with Crippen molar-refractivity contribution in [1.82, 2.24) is 4.90 Å². The van der Waals surface area contributed by atoms with Crippen molar-refractivity contribution < 1.29 is 5.11 Å². The molecule has 0 saturated carbocycles. The van der Waals surface area contributed by atoms with Gasteiger partial charge in [0, 0.05) is 30.1 Å². The van der Waals surface area contributed by atoms with Gasteiger partial charge >= 0.3 is 0 Å². The molecule has 0 amide bonds. The molecule has 1 aromatic rings. The second-order valence-electron chi connectivity index (χ2n) is 5.23. The topological polar surface area (TPSA) is 23.5 Å². The van der Waals surface area contributed by atoms with E-state index >= 15 is 0 Å². The summed E-state index contributed by atoms with van der Waals surface area (Å²) in [5.41, 5.74) is 1.03. The summed E-state index contributed by atoms with van der Waals surface area (Å²) in [6.45, 7) is 7.88. The van der Waals surface area contributed by atoms with Gasteiger partial charge in [0.1, 0.15) is 0 Å². The summed E-state index contributed by atoms with van der Waals surface area (Å²) in [7, 11) is 0. The monoisotopic (exact) mass is 265 g/mol. The first-order chi connectivity index (χ1) is 8.65. The first-order valence-corrected chi connectivity index (χ1v) is 7.70. The number of hydrogen-bond acceptors (Lipinski definition) is 3. The van der Waals surface area contributed by atoms with E-state index in [1.54, 1.807) is 0 Å². The molecule has 3 atom stereocenters. The predicted molar refractivity (Wildman–Crippen MR) is 79.0 cm³/mol. The standard InChI is InChI=1S/C15H23NOS/c1-12-10-16(11-13(2)18-12)9-8-15(17)14-6-4-3-5-7-14/h3-7,12-13,15,17H,8-11H2,1-2H3. The molecule has 1 aliphatic rings. The smallest absolute Gasteiger partial charge is 0.0802 e. The zero-order valence-corrected chi connectivity index (χ0v) is 12.1. The van der Waals surface area contributed by atoms with Crippen LogP contribution in [0.1, 0.15) is 31.9 Å². The highest BCUT2D eigenvalue weighted by Gasteiger charge is 2.22. The molecule has 100 valence electrons. The average molecular weight is 265 g/mol. The molecule has 1 aliphatic heterocycles. The van der Waals surface area contributed by atoms with E-state index in [0.717, 1.165) is 31.6 Å². The molecule has 3 heteroatoms. The lowest BCUT2D eigenvalue weighted by Gasteiger charge is -2.35. The van der Waals surface area contributed by atoms with Gasteiger partial charge in [-0.3, -0.25) is 0 Å². The Morgan fingerprint density at radius 3 is 2.44 bits per heavy atom. The minimum absolute atomic E-state index is 0.327. The Bertz CT molecular complexity index is 347. The van der Waals surface area contributed by atoms with Crippen LogP contribution in [0.4, 0.5) is 0 Å². The van der Waals surface area contributed by atoms with Crippen molar-refractivity contribution in [2.45, 2.75) is 36.9 Å². The minimum atomic E-state index is -0.327. The van der Waals surface area contributed by atoms with Crippen molar-refractivity contribution >= 4 is 11.8 Å². The second-order valence-corrected chi connectivity index (χ2v) is 7.11. The van der Waals surface area contributed by atoms with Gasteiger partial charge in [0.25, 0.3) is 0 Å². The number of nitrogens with zero attached hydrogens (tertiary/aromatic N) is 1. The van der Waals surface area contributed by atoms with Crippen molar-refractivity contribution in [2.75, 3.05) is 19.6 Å². The summed E-state index contributed by atoms with van der Waals surface area (Å²) in [5.74, 6) is 0. The van der Waals surface area contributed by atoms with Gasteiger partial charge in [-0.2, -0.15) is 11.8 Å². The van der Waals surface area contributed by atoms with Crippen LogP contribution >= 0.6 is 11.8 Å². The summed E-state index contributed by atoms with van der Waals surface area (Å²) in [6, 6.07) is 9.96. The van der Waals surface area contributed by atoms with Crippen LogP contribution in [0.2, 0.25) is 0 Å². The number of aliphatic hydroxyl groups excluding tert-OH is 1. The molecule has 0 radical (unpaired) electrons. The van der Waals surface area contributed by atoms with Gasteiger partial charge in [0.05, 0.1) is 6.10 Å². The zero-order chi connectivity index (χ0) is 13.0. The van der Waals surface area contributed by atoms with E-state index < -0.39 is 0 Å². The maximum Gasteiger partial charge on any atom is 0.0802 e. The molecular weight excluding hydrogens is 242 g/mol. The molecule has 3 unspecified atom stereocenters. The Morgan fingerprint density at radius 2 is 1.83 bits per heavy atom. The number of thioether (sulfide) groups is 1. The van der Waals surface area contributed by atoms with Gasteiger partial charge in [0.2, 0.25) is 0 Å². The molecule has 2 rings (SSSR count). The van der Waals surface area contributed by atoms with Crippen molar-refractivity contribution in [1.29, 1.82) is 0 Å². The lowest BCUT2D eigenvalue weighted by molar-refractivity contribution is 0.141. The summed E-state index contributed by atoms with van der Waals surface area (Å²) < 4.78 is 0. The molecule has 0 aromatic heterocycles. The normalized spacial score (nSPS) is 27.1. The van der Waals surface area contributed by atoms with Crippen molar-refractivity contribution in [2.24, 2.45) is 0 Å². The van der Waals surface area contributed by atoms with E-state index in [1.165, 1.54) is 0 Å². The molecule has 1 N–H and O–H groups in total. The molecule has 1 fully saturated rings. The Labute approximate surface area is 114 Å². The summed E-state index contributed by atoms with van der Waals surface area (Å²) in [5, 5.41) is 11.6. The summed E-state index contributed by atoms with van der Waals surface area (Å²) >= 11 is 2.07. The van der Waals surface area contributed by atoms with Crippen molar-refractivity contribution in [3.8, 4) is 0 Å². The van der Waals surface area contributed by atoms with Crippen LogP contribution in [-0.2, 0) is 0 Å². The Balaban J connectivity index is 1.81. The Hall–Kier alpha value is -0.510. The van der Waals surface area contributed by atoms with E-state index in [1.807, 2.05) is 30.3 Å². The molecule has 0 bridgehead atoms. The molecule has 0 aliphatic carbocycles. The number of hydrogen-bond donors (Lipinski definition) is 1. The van der Waals surface area contributed by atoms with Crippen LogP contribution in [0.15, 0.2) is 30.3 Å². The van der Waals surface area contributed by atoms with Gasteiger partial charge in [-0.05, 0) is 12.0 Å². The Kier molecular flexibility index (Phi) is 5.10. The number of rotatable bonds is 4. The molecule has 1 saturated heterocycles. The van der Waals surface area contributed by atoms with Gasteiger partial charge in [-0.1, -0.05) is 44.2 Å². The van der Waals surface area contributed by atoms with E-state index in [2.05, 4.69) is 30.5 Å². The van der Waals surface area contributed by atoms with Crippen LogP contribution in [0.5, 0.6) is 0 Å². The lowest BCUT2D eigenvalue weighted by atomic mass is 10.1. The van der Waals surface area contributed by atoms with Crippen LogP contribution in [0.3, 0.4) is 0 Å². The third kappa shape index (κ3) is 4.01. The van der Waals surface area contributed by atoms with Crippen LogP contribution in [0.25, 0.3) is 0 Å². The fraction of sp³-hybridized carbons (Fsp3) is 0.600. The SMILES string of the molecule is CC1CN(CCC(O)c2ccccc2)CC(C)S1. The highest BCUT2D eigenvalue weighted by Crippen LogP contribution is 2.25. The van der Waals surface area contributed by atoms with Crippen LogP contribution in [0, 0.1) is 0 Å². The predicted octanol–water partition coefficient (Wildman–Crippen LogP) is 2.94. The third-order valence-corrected chi connectivity index (χ3v) is 4.63. The number of benzene rings is 1. The molecule has 0 spiro atoms. The fourth-order valence-electron chi connectivity index (χ4n) is 2.61. The highest BCUT2D eigenvalue weighted by atomic mass is 32.2. The minimum Gasteiger partial charge on any atom is -0.388 e. The van der Waals surface area contributed by atoms with Crippen LogP contribution < -0.4 is 0 Å². The van der Waals surface area contributed by atoms with Gasteiger partial charge < -0.3 is 10.0 Å².